The Kier molecular flexibility index (Phi) is 10.6. The van der Waals surface area contributed by atoms with Crippen molar-refractivity contribution in [2.45, 2.75) is 38.0 Å². The first-order valence-electron chi connectivity index (χ1n) is 18.0. The molecule has 2 aromatic heterocycles. The number of hydrogen-bond acceptors (Lipinski definition) is 10. The lowest BCUT2D eigenvalue weighted by molar-refractivity contribution is -0.384. The normalized spacial score (nSPS) is 16.3. The molecule has 0 atom stereocenters. The maximum Gasteiger partial charge on any atom is 0.293 e. The molecule has 5 aromatic rings. The Morgan fingerprint density at radius 1 is 1.04 bits per heavy atom. The Bertz CT molecular complexity index is 2400. The summed E-state index contributed by atoms with van der Waals surface area (Å²) in [5, 5.41) is 15.8. The summed E-state index contributed by atoms with van der Waals surface area (Å²) in [6, 6.07) is 20.2. The molecule has 1 aliphatic heterocycles. The van der Waals surface area contributed by atoms with E-state index in [9.17, 15) is 23.3 Å². The minimum atomic E-state index is -4.51. The number of ether oxygens (including phenoxy) is 1. The molecule has 1 aliphatic carbocycles. The maximum absolute atomic E-state index is 13.7. The smallest absolute Gasteiger partial charge is 0.293 e. The van der Waals surface area contributed by atoms with Gasteiger partial charge in [-0.2, -0.15) is 0 Å². The number of benzene rings is 3. The third-order valence-electron chi connectivity index (χ3n) is 10.3. The topological polar surface area (TPSA) is 163 Å². The molecular formula is C40H42ClN7O6S. The number of hydrogen-bond donors (Lipinski definition) is 3. The molecule has 0 radical (unpaired) electrons. The van der Waals surface area contributed by atoms with Crippen molar-refractivity contribution in [3.63, 3.8) is 0 Å². The van der Waals surface area contributed by atoms with Crippen LogP contribution in [0.5, 0.6) is 11.5 Å². The zero-order valence-corrected chi connectivity index (χ0v) is 32.3. The summed E-state index contributed by atoms with van der Waals surface area (Å²) < 4.78 is 35.0. The summed E-state index contributed by atoms with van der Waals surface area (Å²) in [7, 11) is -3.02. The molecule has 2 aliphatic rings. The molecule has 3 N–H and O–H groups in total. The van der Waals surface area contributed by atoms with Gasteiger partial charge in [-0.05, 0) is 84.3 Å². The number of anilines is 2. The fourth-order valence-corrected chi connectivity index (χ4v) is 8.37. The minimum absolute atomic E-state index is 0.0386. The number of rotatable bonds is 11. The number of allylic oxidation sites excluding steroid dienone is 1. The highest BCUT2D eigenvalue weighted by atomic mass is 35.5. The van der Waals surface area contributed by atoms with Crippen molar-refractivity contribution < 1.29 is 22.9 Å². The molecule has 13 nitrogen and oxygen atoms in total. The van der Waals surface area contributed by atoms with Crippen LogP contribution in [0.3, 0.4) is 0 Å². The van der Waals surface area contributed by atoms with E-state index in [0.717, 1.165) is 74.1 Å². The van der Waals surface area contributed by atoms with Gasteiger partial charge in [-0.15, -0.1) is 0 Å². The average Bonchev–Trinajstić information content (AvgIpc) is 3.64. The number of nitrogens with one attached hydrogen (secondary N) is 3. The van der Waals surface area contributed by atoms with Crippen LogP contribution in [0.25, 0.3) is 16.6 Å². The van der Waals surface area contributed by atoms with Gasteiger partial charge in [-0.3, -0.25) is 19.8 Å². The molecule has 0 bridgehead atoms. The molecule has 0 spiro atoms. The molecule has 3 heterocycles. The van der Waals surface area contributed by atoms with Crippen molar-refractivity contribution in [3.8, 4) is 11.5 Å². The molecule has 1 fully saturated rings. The maximum atomic E-state index is 13.7. The van der Waals surface area contributed by atoms with Gasteiger partial charge >= 0.3 is 0 Å². The number of carbonyl (C=O) groups excluding carboxylic acids is 1. The first-order chi connectivity index (χ1) is 26.3. The minimum Gasteiger partial charge on any atom is -0.455 e. The Hall–Kier alpha value is -5.44. The largest absolute Gasteiger partial charge is 0.455 e. The molecule has 3 aromatic carbocycles. The van der Waals surface area contributed by atoms with Crippen LogP contribution in [-0.2, 0) is 10.0 Å². The first kappa shape index (κ1) is 37.9. The summed E-state index contributed by atoms with van der Waals surface area (Å²) in [6.07, 6.45) is 6.47. The number of nitrogens with zero attached hydrogens (tertiary/aromatic N) is 4. The van der Waals surface area contributed by atoms with Gasteiger partial charge in [-0.25, -0.2) is 18.1 Å². The number of sulfonamides is 1. The SMILES string of the molecule is CNc1ccc(S(=O)(=O)NC(=O)c2ccc(N3CCN(CC4=C(c5ccc(Cl)cc5)CC(C)(C)CC4)CC3)cc2Oc2cnc3[nH]ccc3c2)cc1[N+](=O)[O-]. The van der Waals surface area contributed by atoms with Crippen molar-refractivity contribution in [1.82, 2.24) is 19.6 Å². The van der Waals surface area contributed by atoms with Gasteiger partial charge in [0.25, 0.3) is 21.6 Å². The number of nitro groups is 1. The van der Waals surface area contributed by atoms with Crippen LogP contribution in [-0.4, -0.2) is 73.9 Å². The molecule has 1 saturated heterocycles. The second-order valence-corrected chi connectivity index (χ2v) is 16.8. The highest BCUT2D eigenvalue weighted by Crippen LogP contribution is 2.43. The van der Waals surface area contributed by atoms with E-state index < -0.39 is 31.4 Å². The molecule has 7 rings (SSSR count). The van der Waals surface area contributed by atoms with Crippen LogP contribution in [0.2, 0.25) is 5.02 Å². The molecule has 1 amide bonds. The van der Waals surface area contributed by atoms with E-state index in [2.05, 4.69) is 55.8 Å². The zero-order chi connectivity index (χ0) is 38.9. The summed E-state index contributed by atoms with van der Waals surface area (Å²) in [5.41, 5.74) is 5.46. The van der Waals surface area contributed by atoms with Crippen LogP contribution < -0.4 is 19.7 Å². The Morgan fingerprint density at radius 2 is 1.80 bits per heavy atom. The zero-order valence-electron chi connectivity index (χ0n) is 30.8. The van der Waals surface area contributed by atoms with Gasteiger partial charge in [0.1, 0.15) is 22.8 Å². The Balaban J connectivity index is 1.12. The molecule has 0 unspecified atom stereocenters. The van der Waals surface area contributed by atoms with E-state index in [0.29, 0.717) is 11.4 Å². The molecule has 55 heavy (non-hydrogen) atoms. The number of H-pyrrole nitrogens is 1. The lowest BCUT2D eigenvalue weighted by Crippen LogP contribution is -2.47. The summed E-state index contributed by atoms with van der Waals surface area (Å²) >= 11 is 6.22. The predicted molar refractivity (Wildman–Crippen MR) is 215 cm³/mol. The van der Waals surface area contributed by atoms with Gasteiger partial charge in [0, 0.05) is 74.2 Å². The number of nitro benzene ring substituents is 1. The number of fused-ring (bicyclic) bond motifs is 1. The fourth-order valence-electron chi connectivity index (χ4n) is 7.26. The average molecular weight is 784 g/mol. The van der Waals surface area contributed by atoms with Crippen LogP contribution in [0.4, 0.5) is 17.1 Å². The van der Waals surface area contributed by atoms with Gasteiger partial charge in [0.05, 0.1) is 21.6 Å². The van der Waals surface area contributed by atoms with Crippen molar-refractivity contribution in [2.75, 3.05) is 50.0 Å². The Morgan fingerprint density at radius 3 is 2.53 bits per heavy atom. The van der Waals surface area contributed by atoms with Crippen molar-refractivity contribution in [3.05, 3.63) is 117 Å². The lowest BCUT2D eigenvalue weighted by Gasteiger charge is -2.39. The van der Waals surface area contributed by atoms with E-state index in [1.165, 1.54) is 48.2 Å². The Labute approximate surface area is 324 Å². The molecular weight excluding hydrogens is 742 g/mol. The summed E-state index contributed by atoms with van der Waals surface area (Å²) in [4.78, 5) is 36.3. The van der Waals surface area contributed by atoms with E-state index in [1.807, 2.05) is 18.2 Å². The molecule has 15 heteroatoms. The fraction of sp³-hybridized carbons (Fsp3) is 0.300. The highest BCUT2D eigenvalue weighted by molar-refractivity contribution is 7.90. The number of halogens is 1. The number of amides is 1. The summed E-state index contributed by atoms with van der Waals surface area (Å²) in [5.74, 6) is -0.476. The monoisotopic (exact) mass is 783 g/mol. The van der Waals surface area contributed by atoms with E-state index in [1.54, 1.807) is 24.4 Å². The third kappa shape index (κ3) is 8.46. The second kappa shape index (κ2) is 15.4. The number of pyridine rings is 1. The number of carbonyl (C=O) groups is 1. The van der Waals surface area contributed by atoms with E-state index in [4.69, 9.17) is 16.3 Å². The third-order valence-corrected chi connectivity index (χ3v) is 11.9. The quantitative estimate of drug-likeness (QED) is 0.0888. The van der Waals surface area contributed by atoms with Crippen LogP contribution in [0.15, 0.2) is 95.7 Å². The van der Waals surface area contributed by atoms with Gasteiger partial charge in [-0.1, -0.05) is 43.2 Å². The lowest BCUT2D eigenvalue weighted by atomic mass is 9.72. The predicted octanol–water partition coefficient (Wildman–Crippen LogP) is 7.86. The summed E-state index contributed by atoms with van der Waals surface area (Å²) in [6.45, 7) is 8.65. The van der Waals surface area contributed by atoms with Gasteiger partial charge < -0.3 is 19.9 Å². The molecule has 286 valence electrons. The number of aromatic amines is 1. The standard InChI is InChI=1S/C40H42ClN7O6S/c1-40(2)14-12-28(34(23-40)26-4-6-29(41)7-5-26)25-46-16-18-47(19-17-46)30-8-10-33(37(21-30)54-31-20-27-13-15-43-38(27)44-24-31)39(49)45-55(52,53)32-9-11-35(42-3)36(22-32)48(50)51/h4-11,13,15,20-22,24,42H,12,14,16-19,23,25H2,1-3H3,(H,43,44)(H,45,49). The van der Waals surface area contributed by atoms with Crippen molar-refractivity contribution in [2.24, 2.45) is 5.41 Å². The number of piperazine rings is 1. The van der Waals surface area contributed by atoms with Gasteiger partial charge in [0.15, 0.2) is 0 Å². The van der Waals surface area contributed by atoms with Crippen LogP contribution in [0, 0.1) is 15.5 Å². The van der Waals surface area contributed by atoms with Gasteiger partial charge in [0.2, 0.25) is 0 Å². The van der Waals surface area contributed by atoms with Crippen LogP contribution in [0.1, 0.15) is 49.0 Å². The second-order valence-electron chi connectivity index (χ2n) is 14.7. The van der Waals surface area contributed by atoms with E-state index >= 15 is 0 Å². The van der Waals surface area contributed by atoms with Crippen molar-refractivity contribution >= 4 is 61.2 Å². The molecule has 0 saturated carbocycles. The van der Waals surface area contributed by atoms with E-state index in [-0.39, 0.29) is 22.4 Å². The highest BCUT2D eigenvalue weighted by Gasteiger charge is 2.30. The first-order valence-corrected chi connectivity index (χ1v) is 19.9. The number of aromatic nitrogens is 2. The van der Waals surface area contributed by atoms with Crippen LogP contribution >= 0.6 is 11.6 Å². The van der Waals surface area contributed by atoms with Crippen molar-refractivity contribution in [1.29, 1.82) is 0 Å².